The molecule has 0 fully saturated rings. The minimum atomic E-state index is 0.0514. The third-order valence-electron chi connectivity index (χ3n) is 0.770. The van der Waals surface area contributed by atoms with Crippen molar-refractivity contribution >= 4 is 11.5 Å². The molecular weight excluding hydrogens is 138 g/mol. The van der Waals surface area contributed by atoms with E-state index in [1.54, 1.807) is 11.6 Å². The van der Waals surface area contributed by atoms with Crippen molar-refractivity contribution in [3.63, 3.8) is 0 Å². The van der Waals surface area contributed by atoms with E-state index in [2.05, 4.69) is 4.37 Å². The van der Waals surface area contributed by atoms with Gasteiger partial charge >= 0.3 is 0 Å². The molecule has 0 atom stereocenters. The van der Waals surface area contributed by atoms with Crippen molar-refractivity contribution in [1.82, 2.24) is 4.37 Å². The van der Waals surface area contributed by atoms with E-state index in [4.69, 9.17) is 9.84 Å². The van der Waals surface area contributed by atoms with Gasteiger partial charge in [0.2, 0.25) is 0 Å². The summed E-state index contributed by atoms with van der Waals surface area (Å²) in [5.74, 6) is 0.731. The van der Waals surface area contributed by atoms with Crippen molar-refractivity contribution in [2.75, 3.05) is 13.2 Å². The summed E-state index contributed by atoms with van der Waals surface area (Å²) in [6, 6.07) is 0. The molecule has 1 aromatic rings. The summed E-state index contributed by atoms with van der Waals surface area (Å²) >= 11 is 1.33. The Morgan fingerprint density at radius 2 is 2.67 bits per heavy atom. The van der Waals surface area contributed by atoms with Crippen LogP contribution in [0.5, 0.6) is 5.75 Å². The Hall–Kier alpha value is -0.610. The highest BCUT2D eigenvalue weighted by Crippen LogP contribution is 2.10. The van der Waals surface area contributed by atoms with Crippen molar-refractivity contribution in [2.24, 2.45) is 0 Å². The fraction of sp³-hybridized carbons (Fsp3) is 0.400. The van der Waals surface area contributed by atoms with Gasteiger partial charge in [0, 0.05) is 0 Å². The number of aliphatic hydroxyl groups excluding tert-OH is 1. The number of ether oxygens (including phenoxy) is 1. The second kappa shape index (κ2) is 3.42. The Morgan fingerprint density at radius 3 is 3.22 bits per heavy atom. The molecule has 0 aromatic carbocycles. The minimum Gasteiger partial charge on any atom is -0.489 e. The predicted octanol–water partition coefficient (Wildman–Crippen LogP) is 0.514. The van der Waals surface area contributed by atoms with Crippen LogP contribution in [0.1, 0.15) is 0 Å². The zero-order valence-corrected chi connectivity index (χ0v) is 5.60. The summed E-state index contributed by atoms with van der Waals surface area (Å²) in [5.41, 5.74) is 0. The molecule has 1 N–H and O–H groups in total. The SMILES string of the molecule is OCCOc1cnsc1. The van der Waals surface area contributed by atoms with E-state index in [1.165, 1.54) is 11.5 Å². The van der Waals surface area contributed by atoms with Crippen LogP contribution in [-0.4, -0.2) is 22.7 Å². The van der Waals surface area contributed by atoms with Gasteiger partial charge in [-0.3, -0.25) is 0 Å². The molecule has 0 radical (unpaired) electrons. The molecule has 9 heavy (non-hydrogen) atoms. The fourth-order valence-corrected chi connectivity index (χ4v) is 0.888. The van der Waals surface area contributed by atoms with Gasteiger partial charge in [-0.1, -0.05) is 0 Å². The molecule has 0 unspecified atom stereocenters. The van der Waals surface area contributed by atoms with E-state index < -0.39 is 0 Å². The fourth-order valence-electron chi connectivity index (χ4n) is 0.430. The van der Waals surface area contributed by atoms with Gasteiger partial charge in [0.1, 0.15) is 12.4 Å². The smallest absolute Gasteiger partial charge is 0.150 e. The largest absolute Gasteiger partial charge is 0.489 e. The maximum absolute atomic E-state index is 8.32. The van der Waals surface area contributed by atoms with Gasteiger partial charge in [-0.25, -0.2) is 0 Å². The molecule has 0 bridgehead atoms. The first-order valence-electron chi connectivity index (χ1n) is 2.56. The molecule has 4 heteroatoms. The first kappa shape index (κ1) is 6.51. The van der Waals surface area contributed by atoms with E-state index in [1.807, 2.05) is 0 Å². The first-order chi connectivity index (χ1) is 4.43. The Balaban J connectivity index is 2.30. The number of nitrogens with zero attached hydrogens (tertiary/aromatic N) is 1. The lowest BCUT2D eigenvalue weighted by molar-refractivity contribution is 0.201. The minimum absolute atomic E-state index is 0.0514. The molecule has 1 aromatic heterocycles. The Morgan fingerprint density at radius 1 is 1.78 bits per heavy atom. The molecule has 0 amide bonds. The van der Waals surface area contributed by atoms with Crippen molar-refractivity contribution in [3.05, 3.63) is 11.6 Å². The molecular formula is C5H7NO2S. The van der Waals surface area contributed by atoms with E-state index in [0.29, 0.717) is 6.61 Å². The number of hydrogen-bond donors (Lipinski definition) is 1. The van der Waals surface area contributed by atoms with Crippen molar-refractivity contribution in [1.29, 1.82) is 0 Å². The Kier molecular flexibility index (Phi) is 2.48. The first-order valence-corrected chi connectivity index (χ1v) is 3.40. The average molecular weight is 145 g/mol. The van der Waals surface area contributed by atoms with Crippen LogP contribution in [0, 0.1) is 0 Å². The molecule has 0 spiro atoms. The molecule has 0 saturated carbocycles. The second-order valence-electron chi connectivity index (χ2n) is 1.43. The average Bonchev–Trinajstić information content (AvgIpc) is 2.34. The third-order valence-corrected chi connectivity index (χ3v) is 1.33. The summed E-state index contributed by atoms with van der Waals surface area (Å²) in [6.45, 7) is 0.397. The molecule has 0 aliphatic rings. The summed E-state index contributed by atoms with van der Waals surface area (Å²) < 4.78 is 8.80. The summed E-state index contributed by atoms with van der Waals surface area (Å²) in [5, 5.41) is 10.1. The van der Waals surface area contributed by atoms with Crippen LogP contribution < -0.4 is 4.74 Å². The van der Waals surface area contributed by atoms with Crippen LogP contribution in [0.3, 0.4) is 0 Å². The zero-order valence-electron chi connectivity index (χ0n) is 4.78. The summed E-state index contributed by atoms with van der Waals surface area (Å²) in [6.07, 6.45) is 1.63. The molecule has 1 rings (SSSR count). The van der Waals surface area contributed by atoms with E-state index in [-0.39, 0.29) is 6.61 Å². The van der Waals surface area contributed by atoms with Crippen LogP contribution in [0.25, 0.3) is 0 Å². The number of aromatic nitrogens is 1. The standard InChI is InChI=1S/C5H7NO2S/c7-1-2-8-5-3-6-9-4-5/h3-4,7H,1-2H2. The van der Waals surface area contributed by atoms with Crippen LogP contribution in [0.4, 0.5) is 0 Å². The summed E-state index contributed by atoms with van der Waals surface area (Å²) in [7, 11) is 0. The monoisotopic (exact) mass is 145 g/mol. The van der Waals surface area contributed by atoms with Crippen LogP contribution in [0.15, 0.2) is 11.6 Å². The van der Waals surface area contributed by atoms with E-state index in [0.717, 1.165) is 5.75 Å². The Bertz CT molecular complexity index is 152. The van der Waals surface area contributed by atoms with Crippen LogP contribution in [0.2, 0.25) is 0 Å². The van der Waals surface area contributed by atoms with Crippen LogP contribution >= 0.6 is 11.5 Å². The lowest BCUT2D eigenvalue weighted by Gasteiger charge is -1.96. The van der Waals surface area contributed by atoms with Gasteiger partial charge in [-0.15, -0.1) is 0 Å². The highest BCUT2D eigenvalue weighted by atomic mass is 32.1. The predicted molar refractivity (Wildman–Crippen MR) is 34.7 cm³/mol. The van der Waals surface area contributed by atoms with Gasteiger partial charge in [0.15, 0.2) is 0 Å². The lowest BCUT2D eigenvalue weighted by atomic mass is 10.6. The topological polar surface area (TPSA) is 42.4 Å². The normalized spacial score (nSPS) is 9.44. The molecule has 1 heterocycles. The highest BCUT2D eigenvalue weighted by molar-refractivity contribution is 7.03. The number of rotatable bonds is 3. The van der Waals surface area contributed by atoms with Gasteiger partial charge in [-0.05, 0) is 11.5 Å². The van der Waals surface area contributed by atoms with Crippen molar-refractivity contribution in [3.8, 4) is 5.75 Å². The van der Waals surface area contributed by atoms with E-state index in [9.17, 15) is 0 Å². The molecule has 0 aliphatic heterocycles. The Labute approximate surface area is 57.1 Å². The molecule has 50 valence electrons. The third kappa shape index (κ3) is 1.99. The highest BCUT2D eigenvalue weighted by Gasteiger charge is 1.90. The maximum atomic E-state index is 8.32. The quantitative estimate of drug-likeness (QED) is 0.674. The van der Waals surface area contributed by atoms with Crippen molar-refractivity contribution in [2.45, 2.75) is 0 Å². The second-order valence-corrected chi connectivity index (χ2v) is 2.09. The molecule has 0 saturated heterocycles. The zero-order chi connectivity index (χ0) is 6.53. The number of aliphatic hydroxyl groups is 1. The maximum Gasteiger partial charge on any atom is 0.150 e. The summed E-state index contributed by atoms with van der Waals surface area (Å²) in [4.78, 5) is 0. The van der Waals surface area contributed by atoms with Crippen LogP contribution in [-0.2, 0) is 0 Å². The van der Waals surface area contributed by atoms with Gasteiger partial charge in [-0.2, -0.15) is 4.37 Å². The molecule has 3 nitrogen and oxygen atoms in total. The van der Waals surface area contributed by atoms with Gasteiger partial charge in [0.25, 0.3) is 0 Å². The van der Waals surface area contributed by atoms with E-state index >= 15 is 0 Å². The van der Waals surface area contributed by atoms with Gasteiger partial charge < -0.3 is 9.84 Å². The van der Waals surface area contributed by atoms with Gasteiger partial charge in [0.05, 0.1) is 18.2 Å². The number of hydrogen-bond acceptors (Lipinski definition) is 4. The molecule has 0 aliphatic carbocycles. The van der Waals surface area contributed by atoms with Crippen molar-refractivity contribution < 1.29 is 9.84 Å². The lowest BCUT2D eigenvalue weighted by Crippen LogP contribution is -2.00.